The first-order valence-corrected chi connectivity index (χ1v) is 7.62. The molecule has 1 aromatic rings. The molecule has 7 heteroatoms. The van der Waals surface area contributed by atoms with E-state index in [9.17, 15) is 8.42 Å². The number of aromatic amines is 1. The normalized spacial score (nSPS) is 24.1. The van der Waals surface area contributed by atoms with Gasteiger partial charge in [-0.1, -0.05) is 0 Å². The standard InChI is InChI=1S/C11H20N4O2S/c1-8(12)10-4-3-5-15(7-10)18(16,17)11-6-13-9(2)14-11/h6,8,10H,3-5,7,12H2,1-2H3,(H,13,14). The first-order valence-electron chi connectivity index (χ1n) is 6.18. The lowest BCUT2D eigenvalue weighted by Gasteiger charge is -2.33. The molecule has 0 spiro atoms. The SMILES string of the molecule is Cc1ncc(S(=O)(=O)N2CCCC(C(C)N)C2)[nH]1. The molecule has 6 nitrogen and oxygen atoms in total. The van der Waals surface area contributed by atoms with E-state index in [4.69, 9.17) is 5.73 Å². The summed E-state index contributed by atoms with van der Waals surface area (Å²) in [6.07, 6.45) is 3.23. The second kappa shape index (κ2) is 4.99. The third kappa shape index (κ3) is 2.57. The fourth-order valence-corrected chi connectivity index (χ4v) is 3.79. The van der Waals surface area contributed by atoms with Crippen LogP contribution in [0.2, 0.25) is 0 Å². The van der Waals surface area contributed by atoms with E-state index in [0.29, 0.717) is 18.9 Å². The number of sulfonamides is 1. The lowest BCUT2D eigenvalue weighted by molar-refractivity contribution is 0.242. The van der Waals surface area contributed by atoms with E-state index >= 15 is 0 Å². The van der Waals surface area contributed by atoms with Crippen molar-refractivity contribution in [3.05, 3.63) is 12.0 Å². The van der Waals surface area contributed by atoms with Crippen molar-refractivity contribution in [1.82, 2.24) is 14.3 Å². The Labute approximate surface area is 108 Å². The molecule has 0 radical (unpaired) electrons. The van der Waals surface area contributed by atoms with Gasteiger partial charge in [-0.15, -0.1) is 0 Å². The number of aryl methyl sites for hydroxylation is 1. The smallest absolute Gasteiger partial charge is 0.260 e. The number of piperidine rings is 1. The summed E-state index contributed by atoms with van der Waals surface area (Å²) in [5.41, 5.74) is 5.87. The maximum Gasteiger partial charge on any atom is 0.260 e. The highest BCUT2D eigenvalue weighted by molar-refractivity contribution is 7.89. The van der Waals surface area contributed by atoms with Crippen molar-refractivity contribution in [2.24, 2.45) is 11.7 Å². The highest BCUT2D eigenvalue weighted by Gasteiger charge is 2.32. The molecular weight excluding hydrogens is 252 g/mol. The van der Waals surface area contributed by atoms with Crippen molar-refractivity contribution in [1.29, 1.82) is 0 Å². The first kappa shape index (κ1) is 13.5. The molecule has 0 amide bonds. The van der Waals surface area contributed by atoms with E-state index in [1.54, 1.807) is 6.92 Å². The van der Waals surface area contributed by atoms with Crippen LogP contribution in [0.25, 0.3) is 0 Å². The van der Waals surface area contributed by atoms with Gasteiger partial charge in [-0.25, -0.2) is 13.4 Å². The Hall–Kier alpha value is -0.920. The van der Waals surface area contributed by atoms with E-state index in [-0.39, 0.29) is 17.0 Å². The minimum atomic E-state index is -3.45. The van der Waals surface area contributed by atoms with Gasteiger partial charge in [-0.2, -0.15) is 4.31 Å². The summed E-state index contributed by atoms with van der Waals surface area (Å²) in [7, 11) is -3.45. The topological polar surface area (TPSA) is 92.1 Å². The lowest BCUT2D eigenvalue weighted by Crippen LogP contribution is -2.45. The largest absolute Gasteiger partial charge is 0.332 e. The number of imidazole rings is 1. The second-order valence-corrected chi connectivity index (χ2v) is 6.86. The van der Waals surface area contributed by atoms with Gasteiger partial charge >= 0.3 is 0 Å². The zero-order valence-corrected chi connectivity index (χ0v) is 11.6. The lowest BCUT2D eigenvalue weighted by atomic mass is 9.93. The Morgan fingerprint density at radius 1 is 1.61 bits per heavy atom. The van der Waals surface area contributed by atoms with Gasteiger partial charge in [0, 0.05) is 19.1 Å². The summed E-state index contributed by atoms with van der Waals surface area (Å²) >= 11 is 0. The van der Waals surface area contributed by atoms with Crippen molar-refractivity contribution in [3.8, 4) is 0 Å². The molecule has 1 fully saturated rings. The molecule has 102 valence electrons. The average molecular weight is 272 g/mol. The van der Waals surface area contributed by atoms with Crippen LogP contribution in [-0.2, 0) is 10.0 Å². The van der Waals surface area contributed by atoms with E-state index in [1.807, 2.05) is 6.92 Å². The summed E-state index contributed by atoms with van der Waals surface area (Å²) in [4.78, 5) is 6.73. The van der Waals surface area contributed by atoms with Crippen LogP contribution in [-0.4, -0.2) is 41.8 Å². The third-order valence-electron chi connectivity index (χ3n) is 3.46. The molecule has 1 aliphatic rings. The van der Waals surface area contributed by atoms with Gasteiger partial charge in [0.15, 0.2) is 5.03 Å². The average Bonchev–Trinajstić information content (AvgIpc) is 2.77. The highest BCUT2D eigenvalue weighted by Crippen LogP contribution is 2.24. The van der Waals surface area contributed by atoms with Gasteiger partial charge in [0.25, 0.3) is 10.0 Å². The minimum Gasteiger partial charge on any atom is -0.332 e. The second-order valence-electron chi connectivity index (χ2n) is 4.96. The number of nitrogens with one attached hydrogen (secondary N) is 1. The number of hydrogen-bond donors (Lipinski definition) is 2. The van der Waals surface area contributed by atoms with Crippen LogP contribution in [0.15, 0.2) is 11.2 Å². The summed E-state index contributed by atoms with van der Waals surface area (Å²) in [6, 6.07) is 0.0199. The number of nitrogens with zero attached hydrogens (tertiary/aromatic N) is 2. The molecule has 1 saturated heterocycles. The van der Waals surface area contributed by atoms with Gasteiger partial charge < -0.3 is 10.7 Å². The molecule has 1 aliphatic heterocycles. The van der Waals surface area contributed by atoms with Gasteiger partial charge in [-0.3, -0.25) is 0 Å². The monoisotopic (exact) mass is 272 g/mol. The quantitative estimate of drug-likeness (QED) is 0.836. The van der Waals surface area contributed by atoms with E-state index in [0.717, 1.165) is 12.8 Å². The Bertz CT molecular complexity index is 509. The van der Waals surface area contributed by atoms with Gasteiger partial charge in [0.2, 0.25) is 0 Å². The van der Waals surface area contributed by atoms with E-state index < -0.39 is 10.0 Å². The summed E-state index contributed by atoms with van der Waals surface area (Å²) < 4.78 is 26.3. The zero-order chi connectivity index (χ0) is 13.3. The van der Waals surface area contributed by atoms with E-state index in [2.05, 4.69) is 9.97 Å². The summed E-state index contributed by atoms with van der Waals surface area (Å²) in [6.45, 7) is 4.73. The fourth-order valence-electron chi connectivity index (χ4n) is 2.29. The van der Waals surface area contributed by atoms with E-state index in [1.165, 1.54) is 10.5 Å². The van der Waals surface area contributed by atoms with Gasteiger partial charge in [-0.05, 0) is 32.6 Å². The number of hydrogen-bond acceptors (Lipinski definition) is 4. The number of nitrogens with two attached hydrogens (primary N) is 1. The summed E-state index contributed by atoms with van der Waals surface area (Å²) in [5.74, 6) is 0.840. The zero-order valence-electron chi connectivity index (χ0n) is 10.8. The Kier molecular flexibility index (Phi) is 3.74. The Morgan fingerprint density at radius 2 is 2.33 bits per heavy atom. The number of aromatic nitrogens is 2. The van der Waals surface area contributed by atoms with Crippen LogP contribution >= 0.6 is 0 Å². The highest BCUT2D eigenvalue weighted by atomic mass is 32.2. The molecule has 2 atom stereocenters. The van der Waals surface area contributed by atoms with Crippen molar-refractivity contribution < 1.29 is 8.42 Å². The molecule has 3 N–H and O–H groups in total. The molecule has 2 unspecified atom stereocenters. The van der Waals surface area contributed by atoms with Crippen molar-refractivity contribution in [2.75, 3.05) is 13.1 Å². The molecule has 0 aromatic carbocycles. The van der Waals surface area contributed by atoms with Crippen LogP contribution in [0.3, 0.4) is 0 Å². The fraction of sp³-hybridized carbons (Fsp3) is 0.727. The minimum absolute atomic E-state index is 0.0199. The van der Waals surface area contributed by atoms with Crippen LogP contribution in [0.1, 0.15) is 25.6 Å². The van der Waals surface area contributed by atoms with Crippen LogP contribution in [0.5, 0.6) is 0 Å². The van der Waals surface area contributed by atoms with Crippen LogP contribution < -0.4 is 5.73 Å². The molecule has 0 saturated carbocycles. The predicted octanol–water partition coefficient (Wildman–Crippen LogP) is 0.466. The van der Waals surface area contributed by atoms with Crippen molar-refractivity contribution in [2.45, 2.75) is 37.8 Å². The van der Waals surface area contributed by atoms with Crippen molar-refractivity contribution >= 4 is 10.0 Å². The number of rotatable bonds is 3. The molecule has 18 heavy (non-hydrogen) atoms. The van der Waals surface area contributed by atoms with Gasteiger partial charge in [0.1, 0.15) is 5.82 Å². The number of H-pyrrole nitrogens is 1. The Morgan fingerprint density at radius 3 is 2.89 bits per heavy atom. The van der Waals surface area contributed by atoms with Crippen LogP contribution in [0, 0.1) is 12.8 Å². The van der Waals surface area contributed by atoms with Crippen LogP contribution in [0.4, 0.5) is 0 Å². The molecular formula is C11H20N4O2S. The molecule has 2 heterocycles. The first-order chi connectivity index (χ1) is 8.41. The third-order valence-corrected chi connectivity index (χ3v) is 5.24. The maximum atomic E-state index is 12.4. The maximum absolute atomic E-state index is 12.4. The summed E-state index contributed by atoms with van der Waals surface area (Å²) in [5, 5.41) is 0.172. The molecule has 0 bridgehead atoms. The molecule has 0 aliphatic carbocycles. The van der Waals surface area contributed by atoms with Gasteiger partial charge in [0.05, 0.1) is 6.20 Å². The molecule has 2 rings (SSSR count). The molecule has 1 aromatic heterocycles. The predicted molar refractivity (Wildman–Crippen MR) is 68.5 cm³/mol. The van der Waals surface area contributed by atoms with Crippen molar-refractivity contribution in [3.63, 3.8) is 0 Å². The Balaban J connectivity index is 2.20.